The third-order valence-corrected chi connectivity index (χ3v) is 7.02. The number of ether oxygens (including phenoxy) is 1. The molecule has 0 radical (unpaired) electrons. The molecule has 4 aromatic rings. The van der Waals surface area contributed by atoms with Gasteiger partial charge in [0.1, 0.15) is 10.7 Å². The standard InChI is InChI=1S/C33H26ClN3O5/c1-42-33(41)25-13-8-14-27(19-25)37-31(39)28(34)29(32(37)40)35-26-17-15-24(16-18-26)30(38)36(20-22-9-4-2-5-10-22)21-23-11-6-3-7-12-23/h2-19,35H,20-21H2,1H3. The van der Waals surface area contributed by atoms with Crippen LogP contribution in [0.15, 0.2) is 120 Å². The van der Waals surface area contributed by atoms with Crippen LogP contribution < -0.4 is 10.2 Å². The van der Waals surface area contributed by atoms with E-state index in [4.69, 9.17) is 16.3 Å². The molecule has 9 heteroatoms. The largest absolute Gasteiger partial charge is 0.465 e. The van der Waals surface area contributed by atoms with Crippen LogP contribution in [0.4, 0.5) is 11.4 Å². The van der Waals surface area contributed by atoms with Gasteiger partial charge in [0.05, 0.1) is 18.4 Å². The molecule has 0 saturated heterocycles. The van der Waals surface area contributed by atoms with Crippen molar-refractivity contribution in [1.82, 2.24) is 4.90 Å². The fraction of sp³-hybridized carbons (Fsp3) is 0.0909. The van der Waals surface area contributed by atoms with Gasteiger partial charge in [-0.15, -0.1) is 0 Å². The molecule has 0 spiro atoms. The number of hydrogen-bond donors (Lipinski definition) is 1. The van der Waals surface area contributed by atoms with Crippen molar-refractivity contribution >= 4 is 46.7 Å². The van der Waals surface area contributed by atoms with Gasteiger partial charge in [0.25, 0.3) is 17.7 Å². The van der Waals surface area contributed by atoms with Crippen LogP contribution >= 0.6 is 11.6 Å². The monoisotopic (exact) mass is 579 g/mol. The Hall–Kier alpha value is -5.21. The van der Waals surface area contributed by atoms with Gasteiger partial charge in [-0.2, -0.15) is 0 Å². The molecule has 0 atom stereocenters. The molecule has 0 unspecified atom stereocenters. The molecule has 1 heterocycles. The lowest BCUT2D eigenvalue weighted by Gasteiger charge is -2.23. The molecule has 1 aliphatic heterocycles. The summed E-state index contributed by atoms with van der Waals surface area (Å²) in [7, 11) is 1.24. The summed E-state index contributed by atoms with van der Waals surface area (Å²) >= 11 is 6.28. The first-order valence-corrected chi connectivity index (χ1v) is 13.4. The molecule has 0 aliphatic carbocycles. The van der Waals surface area contributed by atoms with Gasteiger partial charge >= 0.3 is 5.97 Å². The van der Waals surface area contributed by atoms with Crippen molar-refractivity contribution in [2.24, 2.45) is 0 Å². The third kappa shape index (κ3) is 6.09. The van der Waals surface area contributed by atoms with E-state index in [1.54, 1.807) is 29.2 Å². The molecule has 5 rings (SSSR count). The number of hydrogen-bond acceptors (Lipinski definition) is 6. The maximum Gasteiger partial charge on any atom is 0.337 e. The summed E-state index contributed by atoms with van der Waals surface area (Å²) < 4.78 is 4.73. The average Bonchev–Trinajstić information content (AvgIpc) is 3.24. The van der Waals surface area contributed by atoms with Crippen molar-refractivity contribution in [1.29, 1.82) is 0 Å². The number of carbonyl (C=O) groups excluding carboxylic acids is 4. The zero-order valence-electron chi connectivity index (χ0n) is 22.6. The van der Waals surface area contributed by atoms with E-state index >= 15 is 0 Å². The number of halogens is 1. The summed E-state index contributed by atoms with van der Waals surface area (Å²) in [6, 6.07) is 32.1. The highest BCUT2D eigenvalue weighted by Gasteiger charge is 2.39. The van der Waals surface area contributed by atoms with Gasteiger partial charge in [-0.1, -0.05) is 78.3 Å². The number of amides is 3. The van der Waals surface area contributed by atoms with Crippen LogP contribution in [-0.2, 0) is 27.4 Å². The average molecular weight is 580 g/mol. The Labute approximate surface area is 247 Å². The van der Waals surface area contributed by atoms with Crippen LogP contribution in [0.1, 0.15) is 31.8 Å². The number of esters is 1. The number of nitrogens with one attached hydrogen (secondary N) is 1. The molecule has 42 heavy (non-hydrogen) atoms. The maximum atomic E-state index is 13.6. The van der Waals surface area contributed by atoms with E-state index in [1.807, 2.05) is 60.7 Å². The zero-order valence-corrected chi connectivity index (χ0v) is 23.4. The number of rotatable bonds is 9. The van der Waals surface area contributed by atoms with Crippen molar-refractivity contribution in [2.75, 3.05) is 17.3 Å². The number of imide groups is 1. The molecule has 0 bridgehead atoms. The molecular weight excluding hydrogens is 554 g/mol. The molecular formula is C33H26ClN3O5. The number of carbonyl (C=O) groups is 4. The van der Waals surface area contributed by atoms with Crippen molar-refractivity contribution in [2.45, 2.75) is 13.1 Å². The molecule has 1 N–H and O–H groups in total. The van der Waals surface area contributed by atoms with E-state index < -0.39 is 17.8 Å². The van der Waals surface area contributed by atoms with E-state index in [1.165, 1.54) is 31.4 Å². The smallest absolute Gasteiger partial charge is 0.337 e. The minimum atomic E-state index is -0.726. The summed E-state index contributed by atoms with van der Waals surface area (Å²) in [6.45, 7) is 0.862. The lowest BCUT2D eigenvalue weighted by molar-refractivity contribution is -0.120. The van der Waals surface area contributed by atoms with Crippen molar-refractivity contribution in [3.8, 4) is 0 Å². The topological polar surface area (TPSA) is 96.0 Å². The second kappa shape index (κ2) is 12.5. The molecule has 1 aliphatic rings. The van der Waals surface area contributed by atoms with Gasteiger partial charge in [0, 0.05) is 24.3 Å². The Morgan fingerprint density at radius 1 is 0.762 bits per heavy atom. The summed E-state index contributed by atoms with van der Waals surface area (Å²) in [4.78, 5) is 54.3. The Morgan fingerprint density at radius 3 is 1.93 bits per heavy atom. The molecule has 210 valence electrons. The minimum Gasteiger partial charge on any atom is -0.465 e. The normalized spacial score (nSPS) is 12.9. The first kappa shape index (κ1) is 28.3. The Kier molecular flexibility index (Phi) is 8.45. The SMILES string of the molecule is COC(=O)c1cccc(N2C(=O)C(Cl)=C(Nc3ccc(C(=O)N(Cc4ccccc4)Cc4ccccc4)cc3)C2=O)c1. The number of nitrogens with zero attached hydrogens (tertiary/aromatic N) is 2. The molecule has 0 saturated carbocycles. The van der Waals surface area contributed by atoms with Crippen LogP contribution in [0.25, 0.3) is 0 Å². The Balaban J connectivity index is 1.33. The van der Waals surface area contributed by atoms with Gasteiger partial charge in [-0.3, -0.25) is 14.4 Å². The quantitative estimate of drug-likeness (QED) is 0.200. The predicted octanol–water partition coefficient (Wildman–Crippen LogP) is 5.75. The third-order valence-electron chi connectivity index (χ3n) is 6.67. The second-order valence-corrected chi connectivity index (χ2v) is 9.89. The van der Waals surface area contributed by atoms with E-state index in [2.05, 4.69) is 5.32 Å². The van der Waals surface area contributed by atoms with E-state index in [9.17, 15) is 19.2 Å². The highest BCUT2D eigenvalue weighted by atomic mass is 35.5. The molecule has 0 aromatic heterocycles. The van der Waals surface area contributed by atoms with Gasteiger partial charge in [-0.05, 0) is 53.6 Å². The van der Waals surface area contributed by atoms with Crippen LogP contribution in [0.3, 0.4) is 0 Å². The molecule has 0 fully saturated rings. The fourth-order valence-corrected chi connectivity index (χ4v) is 4.78. The zero-order chi connectivity index (χ0) is 29.6. The summed E-state index contributed by atoms with van der Waals surface area (Å²) in [5.74, 6) is -2.16. The van der Waals surface area contributed by atoms with Gasteiger partial charge in [0.2, 0.25) is 0 Å². The second-order valence-electron chi connectivity index (χ2n) is 9.51. The van der Waals surface area contributed by atoms with Crippen molar-refractivity contribution in [3.05, 3.63) is 142 Å². The summed E-state index contributed by atoms with van der Waals surface area (Å²) in [5, 5.41) is 2.62. The highest BCUT2D eigenvalue weighted by Crippen LogP contribution is 2.31. The fourth-order valence-electron chi connectivity index (χ4n) is 4.57. The Morgan fingerprint density at radius 2 is 1.36 bits per heavy atom. The number of anilines is 2. The number of methoxy groups -OCH3 is 1. The lowest BCUT2D eigenvalue weighted by atomic mass is 10.1. The maximum absolute atomic E-state index is 13.6. The van der Waals surface area contributed by atoms with E-state index in [-0.39, 0.29) is 27.9 Å². The van der Waals surface area contributed by atoms with E-state index in [0.717, 1.165) is 16.0 Å². The van der Waals surface area contributed by atoms with E-state index in [0.29, 0.717) is 24.3 Å². The number of benzene rings is 4. The first-order chi connectivity index (χ1) is 20.4. The van der Waals surface area contributed by atoms with Crippen molar-refractivity contribution < 1.29 is 23.9 Å². The van der Waals surface area contributed by atoms with Crippen LogP contribution in [-0.4, -0.2) is 35.7 Å². The van der Waals surface area contributed by atoms with Gasteiger partial charge in [-0.25, -0.2) is 9.69 Å². The lowest BCUT2D eigenvalue weighted by Crippen LogP contribution is -2.32. The molecule has 3 amide bonds. The first-order valence-electron chi connectivity index (χ1n) is 13.1. The Bertz CT molecular complexity index is 1630. The summed E-state index contributed by atoms with van der Waals surface area (Å²) in [6.07, 6.45) is 0. The highest BCUT2D eigenvalue weighted by molar-refractivity contribution is 6.53. The molecule has 4 aromatic carbocycles. The van der Waals surface area contributed by atoms with Gasteiger partial charge in [0.15, 0.2) is 0 Å². The van der Waals surface area contributed by atoms with Crippen molar-refractivity contribution in [3.63, 3.8) is 0 Å². The minimum absolute atomic E-state index is 0.112. The van der Waals surface area contributed by atoms with Crippen LogP contribution in [0.2, 0.25) is 0 Å². The van der Waals surface area contributed by atoms with Crippen LogP contribution in [0, 0.1) is 0 Å². The van der Waals surface area contributed by atoms with Gasteiger partial charge < -0.3 is 15.0 Å². The predicted molar refractivity (Wildman–Crippen MR) is 160 cm³/mol. The van der Waals surface area contributed by atoms with Crippen LogP contribution in [0.5, 0.6) is 0 Å². The summed E-state index contributed by atoms with van der Waals surface area (Å²) in [5.41, 5.74) is 3.19. The molecule has 8 nitrogen and oxygen atoms in total.